The van der Waals surface area contributed by atoms with E-state index in [0.29, 0.717) is 12.8 Å². The highest BCUT2D eigenvalue weighted by Gasteiger charge is 2.31. The molecule has 1 aromatic carbocycles. The average molecular weight is 267 g/mol. The highest BCUT2D eigenvalue weighted by molar-refractivity contribution is 7.91. The van der Waals surface area contributed by atoms with Crippen molar-refractivity contribution < 1.29 is 13.2 Å². The number of benzene rings is 1. The second-order valence-corrected chi connectivity index (χ2v) is 6.92. The van der Waals surface area contributed by atoms with Gasteiger partial charge in [0.15, 0.2) is 9.84 Å². The van der Waals surface area contributed by atoms with Crippen LogP contribution in [-0.2, 0) is 14.6 Å². The molecule has 5 heteroatoms. The Morgan fingerprint density at radius 3 is 2.56 bits per heavy atom. The number of rotatable bonds is 2. The van der Waals surface area contributed by atoms with E-state index in [9.17, 15) is 13.2 Å². The van der Waals surface area contributed by atoms with Crippen molar-refractivity contribution >= 4 is 21.4 Å². The Bertz CT molecular complexity index is 524. The number of anilines is 1. The van der Waals surface area contributed by atoms with E-state index >= 15 is 0 Å². The molecule has 1 aliphatic heterocycles. The lowest BCUT2D eigenvalue weighted by atomic mass is 10.0. The standard InChI is InChI=1S/C13H17NO3S/c1-14(12-7-3-2-4-8-12)13(15)11-6-5-9-18(16,17)10-11/h2-4,7-8,11H,5-6,9-10H2,1H3. The zero-order chi connectivity index (χ0) is 13.2. The van der Waals surface area contributed by atoms with Crippen molar-refractivity contribution in [3.8, 4) is 0 Å². The third-order valence-corrected chi connectivity index (χ3v) is 5.11. The summed E-state index contributed by atoms with van der Waals surface area (Å²) in [5.74, 6) is -0.298. The van der Waals surface area contributed by atoms with Gasteiger partial charge in [0.25, 0.3) is 0 Å². The second kappa shape index (κ2) is 5.10. The zero-order valence-electron chi connectivity index (χ0n) is 10.4. The fourth-order valence-electron chi connectivity index (χ4n) is 2.27. The van der Waals surface area contributed by atoms with Crippen LogP contribution in [0.5, 0.6) is 0 Å². The third-order valence-electron chi connectivity index (χ3n) is 3.29. The highest BCUT2D eigenvalue weighted by Crippen LogP contribution is 2.22. The molecule has 1 atom stereocenters. The van der Waals surface area contributed by atoms with Crippen molar-refractivity contribution in [1.29, 1.82) is 0 Å². The van der Waals surface area contributed by atoms with E-state index in [4.69, 9.17) is 0 Å². The molecule has 2 rings (SSSR count). The molecule has 1 fully saturated rings. The van der Waals surface area contributed by atoms with Gasteiger partial charge in [0.1, 0.15) is 0 Å². The van der Waals surface area contributed by atoms with Crippen molar-refractivity contribution in [2.75, 3.05) is 23.5 Å². The summed E-state index contributed by atoms with van der Waals surface area (Å²) in [5, 5.41) is 0. The van der Waals surface area contributed by atoms with Crippen LogP contribution in [0.15, 0.2) is 30.3 Å². The van der Waals surface area contributed by atoms with Crippen LogP contribution in [0.3, 0.4) is 0 Å². The van der Waals surface area contributed by atoms with Gasteiger partial charge in [-0.25, -0.2) is 8.42 Å². The van der Waals surface area contributed by atoms with Gasteiger partial charge in [-0.15, -0.1) is 0 Å². The van der Waals surface area contributed by atoms with E-state index in [1.54, 1.807) is 11.9 Å². The molecule has 0 aromatic heterocycles. The summed E-state index contributed by atoms with van der Waals surface area (Å²) in [7, 11) is -1.35. The first-order chi connectivity index (χ1) is 8.49. The van der Waals surface area contributed by atoms with Gasteiger partial charge < -0.3 is 4.90 Å². The summed E-state index contributed by atoms with van der Waals surface area (Å²) in [4.78, 5) is 13.8. The fourth-order valence-corrected chi connectivity index (χ4v) is 3.97. The van der Waals surface area contributed by atoms with E-state index in [0.717, 1.165) is 5.69 Å². The van der Waals surface area contributed by atoms with Crippen LogP contribution in [0.2, 0.25) is 0 Å². The lowest BCUT2D eigenvalue weighted by Gasteiger charge is -2.26. The summed E-state index contributed by atoms with van der Waals surface area (Å²) in [6, 6.07) is 9.28. The number of carbonyl (C=O) groups is 1. The highest BCUT2D eigenvalue weighted by atomic mass is 32.2. The molecule has 0 saturated carbocycles. The number of hydrogen-bond acceptors (Lipinski definition) is 3. The quantitative estimate of drug-likeness (QED) is 0.815. The Balaban J connectivity index is 2.12. The van der Waals surface area contributed by atoms with E-state index < -0.39 is 15.8 Å². The Kier molecular flexibility index (Phi) is 3.71. The lowest BCUT2D eigenvalue weighted by molar-refractivity contribution is -0.121. The van der Waals surface area contributed by atoms with Crippen LogP contribution < -0.4 is 4.90 Å². The van der Waals surface area contributed by atoms with Crippen molar-refractivity contribution in [3.05, 3.63) is 30.3 Å². The number of hydrogen-bond donors (Lipinski definition) is 0. The Morgan fingerprint density at radius 1 is 1.28 bits per heavy atom. The van der Waals surface area contributed by atoms with Gasteiger partial charge in [-0.3, -0.25) is 4.79 Å². The fraction of sp³-hybridized carbons (Fsp3) is 0.462. The molecule has 0 spiro atoms. The largest absolute Gasteiger partial charge is 0.315 e. The van der Waals surface area contributed by atoms with Gasteiger partial charge in [0.2, 0.25) is 5.91 Å². The van der Waals surface area contributed by atoms with Crippen molar-refractivity contribution in [2.45, 2.75) is 12.8 Å². The van der Waals surface area contributed by atoms with Gasteiger partial charge in [0.05, 0.1) is 17.4 Å². The normalized spacial score (nSPS) is 22.4. The number of amides is 1. The van der Waals surface area contributed by atoms with Gasteiger partial charge >= 0.3 is 0 Å². The maximum Gasteiger partial charge on any atom is 0.230 e. The number of para-hydroxylation sites is 1. The number of carbonyl (C=O) groups excluding carboxylic acids is 1. The first-order valence-corrected chi connectivity index (χ1v) is 7.85. The molecule has 98 valence electrons. The zero-order valence-corrected chi connectivity index (χ0v) is 11.2. The minimum atomic E-state index is -3.04. The van der Waals surface area contributed by atoms with Crippen LogP contribution >= 0.6 is 0 Å². The Morgan fingerprint density at radius 2 is 1.94 bits per heavy atom. The molecule has 1 saturated heterocycles. The monoisotopic (exact) mass is 267 g/mol. The molecule has 0 aliphatic carbocycles. The van der Waals surface area contributed by atoms with Crippen LogP contribution in [-0.4, -0.2) is 32.9 Å². The predicted octanol–water partition coefficient (Wildman–Crippen LogP) is 1.47. The van der Waals surface area contributed by atoms with Crippen molar-refractivity contribution in [2.24, 2.45) is 5.92 Å². The molecule has 1 aliphatic rings. The maximum absolute atomic E-state index is 12.2. The van der Waals surface area contributed by atoms with Gasteiger partial charge in [-0.05, 0) is 25.0 Å². The molecule has 1 unspecified atom stereocenters. The predicted molar refractivity (Wildman–Crippen MR) is 71.2 cm³/mol. The molecular formula is C13H17NO3S. The first-order valence-electron chi connectivity index (χ1n) is 6.03. The molecule has 0 N–H and O–H groups in total. The molecule has 0 bridgehead atoms. The summed E-state index contributed by atoms with van der Waals surface area (Å²) >= 11 is 0. The van der Waals surface area contributed by atoms with Crippen LogP contribution in [0.4, 0.5) is 5.69 Å². The summed E-state index contributed by atoms with van der Waals surface area (Å²) in [6.07, 6.45) is 1.25. The molecule has 4 nitrogen and oxygen atoms in total. The third kappa shape index (κ3) is 2.90. The first kappa shape index (κ1) is 13.1. The summed E-state index contributed by atoms with van der Waals surface area (Å²) in [5.41, 5.74) is 0.797. The summed E-state index contributed by atoms with van der Waals surface area (Å²) in [6.45, 7) is 0. The average Bonchev–Trinajstić information content (AvgIpc) is 2.37. The molecule has 1 aromatic rings. The second-order valence-electron chi connectivity index (χ2n) is 4.69. The van der Waals surface area contributed by atoms with Crippen molar-refractivity contribution in [3.63, 3.8) is 0 Å². The Hall–Kier alpha value is -1.36. The minimum Gasteiger partial charge on any atom is -0.315 e. The lowest BCUT2D eigenvalue weighted by Crippen LogP contribution is -2.39. The van der Waals surface area contributed by atoms with Gasteiger partial charge in [0, 0.05) is 12.7 Å². The van der Waals surface area contributed by atoms with E-state index in [1.807, 2.05) is 30.3 Å². The van der Waals surface area contributed by atoms with Crippen molar-refractivity contribution in [1.82, 2.24) is 0 Å². The van der Waals surface area contributed by atoms with E-state index in [1.165, 1.54) is 0 Å². The van der Waals surface area contributed by atoms with Gasteiger partial charge in [-0.2, -0.15) is 0 Å². The van der Waals surface area contributed by atoms with Crippen LogP contribution in [0, 0.1) is 5.92 Å². The Labute approximate surface area is 108 Å². The topological polar surface area (TPSA) is 54.5 Å². The molecule has 1 amide bonds. The summed E-state index contributed by atoms with van der Waals surface area (Å²) < 4.78 is 23.1. The van der Waals surface area contributed by atoms with Gasteiger partial charge in [-0.1, -0.05) is 18.2 Å². The van der Waals surface area contributed by atoms with E-state index in [-0.39, 0.29) is 17.4 Å². The smallest absolute Gasteiger partial charge is 0.230 e. The van der Waals surface area contributed by atoms with Crippen LogP contribution in [0.1, 0.15) is 12.8 Å². The van der Waals surface area contributed by atoms with E-state index in [2.05, 4.69) is 0 Å². The molecule has 0 radical (unpaired) electrons. The van der Waals surface area contributed by atoms with Crippen LogP contribution in [0.25, 0.3) is 0 Å². The number of nitrogens with zero attached hydrogens (tertiary/aromatic N) is 1. The SMILES string of the molecule is CN(C(=O)C1CCCS(=O)(=O)C1)c1ccccc1. The molecule has 18 heavy (non-hydrogen) atoms. The molecule has 1 heterocycles. The maximum atomic E-state index is 12.2. The minimum absolute atomic E-state index is 0.0109. The molecular weight excluding hydrogens is 250 g/mol. The number of sulfone groups is 1.